The molecule has 180 valence electrons. The summed E-state index contributed by atoms with van der Waals surface area (Å²) < 4.78 is 27.6. The molecule has 35 heavy (non-hydrogen) atoms. The zero-order valence-corrected chi connectivity index (χ0v) is 20.4. The van der Waals surface area contributed by atoms with Crippen LogP contribution in [0, 0.1) is 0 Å². The maximum absolute atomic E-state index is 11.9. The average Bonchev–Trinajstić information content (AvgIpc) is 3.64. The number of fused-ring (bicyclic) bond motifs is 3. The van der Waals surface area contributed by atoms with E-state index in [9.17, 15) is 8.42 Å². The van der Waals surface area contributed by atoms with Crippen molar-refractivity contribution in [1.29, 1.82) is 0 Å². The highest BCUT2D eigenvalue weighted by atomic mass is 32.2. The van der Waals surface area contributed by atoms with Crippen LogP contribution in [0.15, 0.2) is 54.1 Å². The Morgan fingerprint density at radius 1 is 1.06 bits per heavy atom. The lowest BCUT2D eigenvalue weighted by atomic mass is 10.0. The van der Waals surface area contributed by atoms with Crippen LogP contribution in [-0.2, 0) is 9.84 Å². The lowest BCUT2D eigenvalue weighted by Gasteiger charge is -2.40. The lowest BCUT2D eigenvalue weighted by molar-refractivity contribution is 0.468. The molecular formula is C24H26N8O2S. The van der Waals surface area contributed by atoms with Gasteiger partial charge in [0.15, 0.2) is 21.5 Å². The minimum Gasteiger partial charge on any atom is -0.341 e. The van der Waals surface area contributed by atoms with Crippen LogP contribution < -0.4 is 4.90 Å². The van der Waals surface area contributed by atoms with Crippen LogP contribution in [0.3, 0.4) is 0 Å². The fourth-order valence-electron chi connectivity index (χ4n) is 5.28. The SMILES string of the molecule is CC[C@@H]1c2nncn2-c2cnc(-n3ccnc3-c3ccc(S(C)(=O)=O)cc3)nc2N1C1CCCC1. The molecule has 1 aliphatic carbocycles. The third-order valence-electron chi connectivity index (χ3n) is 6.95. The van der Waals surface area contributed by atoms with Gasteiger partial charge in [0.05, 0.1) is 17.1 Å². The zero-order valence-electron chi connectivity index (χ0n) is 19.6. The number of rotatable bonds is 5. The van der Waals surface area contributed by atoms with Gasteiger partial charge in [-0.2, -0.15) is 4.98 Å². The van der Waals surface area contributed by atoms with E-state index < -0.39 is 9.84 Å². The van der Waals surface area contributed by atoms with E-state index in [0.717, 1.165) is 42.2 Å². The molecule has 0 saturated heterocycles. The van der Waals surface area contributed by atoms with Crippen molar-refractivity contribution >= 4 is 15.7 Å². The molecule has 4 aromatic rings. The Morgan fingerprint density at radius 2 is 1.83 bits per heavy atom. The van der Waals surface area contributed by atoms with Gasteiger partial charge in [0.25, 0.3) is 0 Å². The zero-order chi connectivity index (χ0) is 24.2. The van der Waals surface area contributed by atoms with Gasteiger partial charge in [0, 0.05) is 30.3 Å². The van der Waals surface area contributed by atoms with Crippen LogP contribution >= 0.6 is 0 Å². The van der Waals surface area contributed by atoms with Crippen molar-refractivity contribution < 1.29 is 8.42 Å². The number of sulfone groups is 1. The quantitative estimate of drug-likeness (QED) is 0.418. The third kappa shape index (κ3) is 3.61. The van der Waals surface area contributed by atoms with Crippen molar-refractivity contribution in [3.05, 3.63) is 55.0 Å². The maximum Gasteiger partial charge on any atom is 0.237 e. The van der Waals surface area contributed by atoms with Gasteiger partial charge >= 0.3 is 0 Å². The molecule has 0 radical (unpaired) electrons. The van der Waals surface area contributed by atoms with Gasteiger partial charge in [0.2, 0.25) is 5.95 Å². The van der Waals surface area contributed by atoms with E-state index in [-0.39, 0.29) is 10.9 Å². The average molecular weight is 491 g/mol. The molecule has 10 nitrogen and oxygen atoms in total. The van der Waals surface area contributed by atoms with E-state index in [0.29, 0.717) is 17.8 Å². The highest BCUT2D eigenvalue weighted by Gasteiger charge is 2.38. The summed E-state index contributed by atoms with van der Waals surface area (Å²) in [7, 11) is -3.27. The van der Waals surface area contributed by atoms with Gasteiger partial charge < -0.3 is 4.90 Å². The molecule has 0 N–H and O–H groups in total. The number of aromatic nitrogens is 7. The van der Waals surface area contributed by atoms with Gasteiger partial charge in [-0.3, -0.25) is 9.13 Å². The van der Waals surface area contributed by atoms with Crippen molar-refractivity contribution in [3.8, 4) is 23.0 Å². The monoisotopic (exact) mass is 490 g/mol. The first-order valence-electron chi connectivity index (χ1n) is 11.9. The number of imidazole rings is 1. The molecule has 6 rings (SSSR count). The molecular weight excluding hydrogens is 464 g/mol. The Kier molecular flexibility index (Phi) is 5.17. The molecule has 1 saturated carbocycles. The van der Waals surface area contributed by atoms with Crippen molar-refractivity contribution in [1.82, 2.24) is 34.3 Å². The summed E-state index contributed by atoms with van der Waals surface area (Å²) >= 11 is 0. The van der Waals surface area contributed by atoms with Gasteiger partial charge in [-0.15, -0.1) is 10.2 Å². The summed E-state index contributed by atoms with van der Waals surface area (Å²) in [5.74, 6) is 2.97. The van der Waals surface area contributed by atoms with Crippen LogP contribution in [0.1, 0.15) is 50.9 Å². The van der Waals surface area contributed by atoms with Crippen molar-refractivity contribution in [2.75, 3.05) is 11.2 Å². The maximum atomic E-state index is 11.9. The summed E-state index contributed by atoms with van der Waals surface area (Å²) in [5.41, 5.74) is 1.66. The Morgan fingerprint density at radius 3 is 2.54 bits per heavy atom. The number of nitrogens with zero attached hydrogens (tertiary/aromatic N) is 8. The highest BCUT2D eigenvalue weighted by Crippen LogP contribution is 2.42. The van der Waals surface area contributed by atoms with E-state index >= 15 is 0 Å². The van der Waals surface area contributed by atoms with E-state index in [4.69, 9.17) is 4.98 Å². The molecule has 1 aliphatic heterocycles. The highest BCUT2D eigenvalue weighted by molar-refractivity contribution is 7.90. The summed E-state index contributed by atoms with van der Waals surface area (Å²) in [6.07, 6.45) is 13.9. The Labute approximate surface area is 203 Å². The van der Waals surface area contributed by atoms with Gasteiger partial charge in [0.1, 0.15) is 17.8 Å². The fourth-order valence-corrected chi connectivity index (χ4v) is 5.91. The van der Waals surface area contributed by atoms with Crippen molar-refractivity contribution in [2.24, 2.45) is 0 Å². The molecule has 0 bridgehead atoms. The smallest absolute Gasteiger partial charge is 0.237 e. The molecule has 0 spiro atoms. The molecule has 0 amide bonds. The van der Waals surface area contributed by atoms with E-state index in [1.807, 2.05) is 21.5 Å². The van der Waals surface area contributed by atoms with E-state index in [1.165, 1.54) is 19.1 Å². The number of benzene rings is 1. The lowest BCUT2D eigenvalue weighted by Crippen LogP contribution is -2.42. The van der Waals surface area contributed by atoms with Crippen LogP contribution in [0.25, 0.3) is 23.0 Å². The summed E-state index contributed by atoms with van der Waals surface area (Å²) in [6.45, 7) is 2.17. The first kappa shape index (κ1) is 21.9. The van der Waals surface area contributed by atoms with Crippen molar-refractivity contribution in [3.63, 3.8) is 0 Å². The number of anilines is 1. The van der Waals surface area contributed by atoms with E-state index in [2.05, 4.69) is 32.0 Å². The molecule has 1 atom stereocenters. The standard InChI is InChI=1S/C24H26N8O2S/c1-3-19-23-29-27-15-31(23)20-14-26-24(28-22(20)32(19)17-6-4-5-7-17)30-13-12-25-21(30)16-8-10-18(11-9-16)35(2,33)34/h8-15,17,19H,3-7H2,1-2H3/t19-/m1/s1. The largest absolute Gasteiger partial charge is 0.341 e. The Bertz CT molecular complexity index is 1490. The molecule has 4 heterocycles. The Balaban J connectivity index is 1.46. The topological polar surface area (TPSA) is 112 Å². The van der Waals surface area contributed by atoms with Gasteiger partial charge in [-0.25, -0.2) is 18.4 Å². The van der Waals surface area contributed by atoms with Gasteiger partial charge in [-0.05, 0) is 43.5 Å². The number of hydrogen-bond donors (Lipinski definition) is 0. The predicted molar refractivity (Wildman–Crippen MR) is 130 cm³/mol. The minimum absolute atomic E-state index is 0.0987. The summed E-state index contributed by atoms with van der Waals surface area (Å²) in [6, 6.07) is 7.21. The molecule has 1 aromatic carbocycles. The second-order valence-corrected chi connectivity index (χ2v) is 11.1. The second kappa shape index (κ2) is 8.26. The molecule has 2 aliphatic rings. The number of hydrogen-bond acceptors (Lipinski definition) is 8. The normalized spacial score (nSPS) is 18.0. The van der Waals surface area contributed by atoms with E-state index in [1.54, 1.807) is 36.8 Å². The first-order chi connectivity index (χ1) is 17.0. The molecule has 1 fully saturated rings. The van der Waals surface area contributed by atoms with Crippen LogP contribution in [0.5, 0.6) is 0 Å². The summed E-state index contributed by atoms with van der Waals surface area (Å²) in [4.78, 5) is 17.0. The van der Waals surface area contributed by atoms with Crippen molar-refractivity contribution in [2.45, 2.75) is 56.0 Å². The Hall–Kier alpha value is -3.60. The summed E-state index contributed by atoms with van der Waals surface area (Å²) in [5, 5.41) is 8.62. The minimum atomic E-state index is -3.27. The van der Waals surface area contributed by atoms with Crippen LogP contribution in [0.2, 0.25) is 0 Å². The first-order valence-corrected chi connectivity index (χ1v) is 13.7. The second-order valence-electron chi connectivity index (χ2n) is 9.12. The van der Waals surface area contributed by atoms with Gasteiger partial charge in [-0.1, -0.05) is 19.8 Å². The van der Waals surface area contributed by atoms with Crippen LogP contribution in [-0.4, -0.2) is 55.0 Å². The predicted octanol–water partition coefficient (Wildman–Crippen LogP) is 3.53. The molecule has 0 unspecified atom stereocenters. The van der Waals surface area contributed by atoms with Crippen LogP contribution in [0.4, 0.5) is 5.82 Å². The molecule has 3 aromatic heterocycles. The fraction of sp³-hybridized carbons (Fsp3) is 0.375. The third-order valence-corrected chi connectivity index (χ3v) is 8.08. The molecule has 11 heteroatoms.